The normalized spacial score (nSPS) is 20.4. The number of allylic oxidation sites excluding steroid dienone is 6. The van der Waals surface area contributed by atoms with Crippen LogP contribution >= 0.6 is 23.5 Å². The second-order valence-corrected chi connectivity index (χ2v) is 11.5. The highest BCUT2D eigenvalue weighted by molar-refractivity contribution is 8.03. The van der Waals surface area contributed by atoms with Gasteiger partial charge in [-0.3, -0.25) is 4.90 Å². The molecule has 0 bridgehead atoms. The molecule has 4 aromatic rings. The third-order valence-corrected chi connectivity index (χ3v) is 9.49. The van der Waals surface area contributed by atoms with E-state index in [0.717, 1.165) is 13.1 Å². The van der Waals surface area contributed by atoms with Crippen molar-refractivity contribution >= 4 is 56.4 Å². The molecule has 2 aliphatic rings. The first-order valence-corrected chi connectivity index (χ1v) is 14.7. The molecule has 1 N–H and O–H groups in total. The van der Waals surface area contributed by atoms with E-state index >= 15 is 0 Å². The highest BCUT2D eigenvalue weighted by Gasteiger charge is 2.34. The predicted octanol–water partition coefficient (Wildman–Crippen LogP) is 8.10. The summed E-state index contributed by atoms with van der Waals surface area (Å²) in [7, 11) is 0. The Balaban J connectivity index is 1.13. The number of thioether (sulfide) groups is 2. The summed E-state index contributed by atoms with van der Waals surface area (Å²) in [6, 6.07) is 26.5. The van der Waals surface area contributed by atoms with Crippen molar-refractivity contribution in [2.75, 3.05) is 18.0 Å². The summed E-state index contributed by atoms with van der Waals surface area (Å²) >= 11 is 3.83. The van der Waals surface area contributed by atoms with Crippen LogP contribution in [0.4, 0.5) is 11.4 Å². The van der Waals surface area contributed by atoms with Crippen LogP contribution < -0.4 is 9.80 Å². The van der Waals surface area contributed by atoms with Crippen LogP contribution in [0.3, 0.4) is 0 Å². The average Bonchev–Trinajstić information content (AvgIpc) is 3.50. The number of anilines is 1. The number of rotatable bonds is 6. The number of hydrogen-bond donors (Lipinski definition) is 1. The lowest BCUT2D eigenvalue weighted by Crippen LogP contribution is -3.08. The van der Waals surface area contributed by atoms with Gasteiger partial charge < -0.3 is 4.90 Å². The van der Waals surface area contributed by atoms with E-state index in [1.54, 1.807) is 0 Å². The number of nitrogens with zero attached hydrogens (tertiary/aromatic N) is 1. The van der Waals surface area contributed by atoms with E-state index in [1.165, 1.54) is 52.6 Å². The smallest absolute Gasteiger partial charge is 0.163 e. The molecular formula is C33H31N2S2+. The molecule has 2 atom stereocenters. The molecular weight excluding hydrogens is 489 g/mol. The molecule has 0 fully saturated rings. The molecule has 0 aromatic heterocycles. The second-order valence-electron chi connectivity index (χ2n) is 9.22. The maximum absolute atomic E-state index is 2.43. The van der Waals surface area contributed by atoms with Crippen LogP contribution in [0.25, 0.3) is 21.5 Å². The quantitative estimate of drug-likeness (QED) is 0.258. The molecule has 0 saturated carbocycles. The first-order valence-electron chi connectivity index (χ1n) is 13.0. The molecule has 4 aromatic carbocycles. The Bertz CT molecular complexity index is 1580. The maximum Gasteiger partial charge on any atom is 0.163 e. The zero-order chi connectivity index (χ0) is 25.2. The molecule has 0 spiro atoms. The fraction of sp³-hybridized carbons (Fsp3) is 0.152. The lowest BCUT2D eigenvalue weighted by Gasteiger charge is -2.19. The fourth-order valence-corrected chi connectivity index (χ4v) is 7.90. The minimum atomic E-state index is 0.405. The van der Waals surface area contributed by atoms with Crippen LogP contribution in [-0.2, 0) is 0 Å². The Morgan fingerprint density at radius 1 is 0.757 bits per heavy atom. The first-order chi connectivity index (χ1) is 18.3. The Morgan fingerprint density at radius 3 is 2.22 bits per heavy atom. The van der Waals surface area contributed by atoms with Crippen molar-refractivity contribution in [3.63, 3.8) is 0 Å². The van der Waals surface area contributed by atoms with Gasteiger partial charge in [-0.05, 0) is 55.0 Å². The van der Waals surface area contributed by atoms with Gasteiger partial charge in [0.25, 0.3) is 0 Å². The van der Waals surface area contributed by atoms with Gasteiger partial charge >= 0.3 is 0 Å². The number of fused-ring (bicyclic) bond motifs is 6. The summed E-state index contributed by atoms with van der Waals surface area (Å²) < 4.78 is 0. The van der Waals surface area contributed by atoms with Gasteiger partial charge in [-0.15, -0.1) is 0 Å². The van der Waals surface area contributed by atoms with Gasteiger partial charge in [-0.1, -0.05) is 109 Å². The topological polar surface area (TPSA) is 7.68 Å². The van der Waals surface area contributed by atoms with Crippen molar-refractivity contribution < 1.29 is 4.90 Å². The number of hydrogen-bond acceptors (Lipinski definition) is 3. The number of quaternary nitrogens is 1. The van der Waals surface area contributed by atoms with E-state index in [0.29, 0.717) is 5.37 Å². The zero-order valence-electron chi connectivity index (χ0n) is 21.2. The lowest BCUT2D eigenvalue weighted by molar-refractivity contribution is -0.831. The highest BCUT2D eigenvalue weighted by Crippen LogP contribution is 2.49. The Labute approximate surface area is 228 Å². The van der Waals surface area contributed by atoms with Gasteiger partial charge in [-0.25, -0.2) is 0 Å². The fourth-order valence-electron chi connectivity index (χ4n) is 5.37. The standard InChI is InChI=1S/C33H30N2S2/c1-3-34-30(36-28-22-20-24-14-10-12-16-26(24)32(28)34)18-8-6-5-7-9-19-31-35(4-2)33-27-17-13-11-15-25(27)21-23-29(33)37-31/h5-23,30H,3-4H2,1-2H3/p+1. The summed E-state index contributed by atoms with van der Waals surface area (Å²) in [4.78, 5) is 6.71. The largest absolute Gasteiger partial charge is 0.335 e. The summed E-state index contributed by atoms with van der Waals surface area (Å²) in [5.74, 6) is 0. The summed E-state index contributed by atoms with van der Waals surface area (Å²) in [5.41, 5.74) is 2.80. The predicted molar refractivity (Wildman–Crippen MR) is 163 cm³/mol. The van der Waals surface area contributed by atoms with Gasteiger partial charge in [0, 0.05) is 22.2 Å². The van der Waals surface area contributed by atoms with E-state index in [1.807, 2.05) is 23.5 Å². The Morgan fingerprint density at radius 2 is 1.43 bits per heavy atom. The van der Waals surface area contributed by atoms with Crippen molar-refractivity contribution in [1.29, 1.82) is 0 Å². The van der Waals surface area contributed by atoms with Crippen LogP contribution in [0.2, 0.25) is 0 Å². The third kappa shape index (κ3) is 4.54. The summed E-state index contributed by atoms with van der Waals surface area (Å²) in [5, 5.41) is 7.02. The van der Waals surface area contributed by atoms with E-state index in [2.05, 4.69) is 134 Å². The molecule has 2 aliphatic heterocycles. The average molecular weight is 520 g/mol. The molecule has 0 amide bonds. The van der Waals surface area contributed by atoms with Crippen LogP contribution in [-0.4, -0.2) is 18.5 Å². The summed E-state index contributed by atoms with van der Waals surface area (Å²) in [6.07, 6.45) is 15.3. The van der Waals surface area contributed by atoms with Gasteiger partial charge in [0.15, 0.2) is 11.1 Å². The Hall–Kier alpha value is -3.18. The van der Waals surface area contributed by atoms with E-state index in [4.69, 9.17) is 0 Å². The van der Waals surface area contributed by atoms with Crippen molar-refractivity contribution in [3.8, 4) is 0 Å². The molecule has 2 unspecified atom stereocenters. The summed E-state index contributed by atoms with van der Waals surface area (Å²) in [6.45, 7) is 6.54. The zero-order valence-corrected chi connectivity index (χ0v) is 22.9. The molecule has 2 heterocycles. The van der Waals surface area contributed by atoms with Gasteiger partial charge in [-0.2, -0.15) is 0 Å². The first kappa shape index (κ1) is 24.2. The Kier molecular flexibility index (Phi) is 6.97. The molecule has 37 heavy (non-hydrogen) atoms. The molecule has 0 radical (unpaired) electrons. The van der Waals surface area contributed by atoms with Crippen molar-refractivity contribution in [2.24, 2.45) is 0 Å². The van der Waals surface area contributed by atoms with Crippen LogP contribution in [0.5, 0.6) is 0 Å². The van der Waals surface area contributed by atoms with Crippen molar-refractivity contribution in [1.82, 2.24) is 0 Å². The highest BCUT2D eigenvalue weighted by atomic mass is 32.2. The molecule has 0 saturated heterocycles. The maximum atomic E-state index is 2.43. The SMILES string of the molecule is CCN1C(=CC=CC=CC=CC2Sc3ccc4ccccc4c3[NH+]2CC)Sc2ccc3ccccc3c21. The van der Waals surface area contributed by atoms with Gasteiger partial charge in [0.05, 0.1) is 22.2 Å². The van der Waals surface area contributed by atoms with E-state index in [9.17, 15) is 0 Å². The van der Waals surface area contributed by atoms with E-state index in [-0.39, 0.29) is 0 Å². The van der Waals surface area contributed by atoms with Gasteiger partial charge in [0.1, 0.15) is 0 Å². The monoisotopic (exact) mass is 519 g/mol. The lowest BCUT2D eigenvalue weighted by atomic mass is 10.1. The van der Waals surface area contributed by atoms with Crippen LogP contribution in [0.15, 0.2) is 130 Å². The minimum absolute atomic E-state index is 0.405. The van der Waals surface area contributed by atoms with Crippen LogP contribution in [0.1, 0.15) is 13.8 Å². The van der Waals surface area contributed by atoms with Crippen LogP contribution in [0, 0.1) is 0 Å². The number of likely N-dealkylation sites (N-methyl/N-ethyl adjacent to an activating group) is 1. The molecule has 4 heteroatoms. The van der Waals surface area contributed by atoms with E-state index < -0.39 is 0 Å². The van der Waals surface area contributed by atoms with Crippen molar-refractivity contribution in [3.05, 3.63) is 120 Å². The molecule has 6 rings (SSSR count). The van der Waals surface area contributed by atoms with Gasteiger partial charge in [0.2, 0.25) is 0 Å². The molecule has 2 nitrogen and oxygen atoms in total. The molecule has 0 aliphatic carbocycles. The minimum Gasteiger partial charge on any atom is -0.335 e. The second kappa shape index (κ2) is 10.7. The molecule has 184 valence electrons. The third-order valence-electron chi connectivity index (χ3n) is 7.09. The number of nitrogens with one attached hydrogen (secondary N) is 1. The number of benzene rings is 4. The van der Waals surface area contributed by atoms with Crippen molar-refractivity contribution in [2.45, 2.75) is 29.0 Å².